The highest BCUT2D eigenvalue weighted by atomic mass is 32.1. The molecule has 1 aromatic heterocycles. The number of benzene rings is 2. The highest BCUT2D eigenvalue weighted by Crippen LogP contribution is 2.26. The summed E-state index contributed by atoms with van der Waals surface area (Å²) in [4.78, 5) is 42.6. The smallest absolute Gasteiger partial charge is 0.261 e. The minimum atomic E-state index is -0.896. The van der Waals surface area contributed by atoms with Crippen LogP contribution in [0.5, 0.6) is 11.5 Å². The number of nitrogens with one attached hydrogen (secondary N) is 4. The highest BCUT2D eigenvalue weighted by molar-refractivity contribution is 7.22. The van der Waals surface area contributed by atoms with Gasteiger partial charge in [0.25, 0.3) is 17.7 Å². The molecule has 0 aliphatic carbocycles. The number of methoxy groups -OCH3 is 2. The predicted molar refractivity (Wildman–Crippen MR) is 135 cm³/mol. The third-order valence-electron chi connectivity index (χ3n) is 5.19. The van der Waals surface area contributed by atoms with Crippen molar-refractivity contribution in [3.05, 3.63) is 48.0 Å². The molecule has 0 saturated carbocycles. The lowest BCUT2D eigenvalue weighted by Gasteiger charge is -2.22. The standard InChI is InChI=1S/C24H29N5O5S/c1-13(2)20(27-22(31)15-10-16(33-4)12-17(11-15)34-5)23(32)29-28-21(30)14(3)25-24-26-18-8-6-7-9-19(18)35-24/h6-14,20H,1-5H3,(H,25,26)(H,27,31)(H,28,30)(H,29,32)/t14-,20+/m1/s1. The minimum Gasteiger partial charge on any atom is -0.497 e. The summed E-state index contributed by atoms with van der Waals surface area (Å²) in [5.41, 5.74) is 5.92. The molecule has 35 heavy (non-hydrogen) atoms. The van der Waals surface area contributed by atoms with Gasteiger partial charge in [0.05, 0.1) is 24.4 Å². The molecule has 2 aromatic carbocycles. The van der Waals surface area contributed by atoms with Crippen LogP contribution < -0.4 is 31.0 Å². The molecule has 4 N–H and O–H groups in total. The fraction of sp³-hybridized carbons (Fsp3) is 0.333. The Bertz CT molecular complexity index is 1160. The van der Waals surface area contributed by atoms with Crippen LogP contribution >= 0.6 is 11.3 Å². The van der Waals surface area contributed by atoms with Crippen LogP contribution in [0.4, 0.5) is 5.13 Å². The number of fused-ring (bicyclic) bond motifs is 1. The third-order valence-corrected chi connectivity index (χ3v) is 6.15. The van der Waals surface area contributed by atoms with E-state index >= 15 is 0 Å². The second kappa shape index (κ2) is 11.5. The molecular weight excluding hydrogens is 470 g/mol. The Labute approximate surface area is 207 Å². The van der Waals surface area contributed by atoms with E-state index in [-0.39, 0.29) is 11.5 Å². The van der Waals surface area contributed by atoms with Gasteiger partial charge in [-0.05, 0) is 37.1 Å². The average Bonchev–Trinajstić information content (AvgIpc) is 3.26. The zero-order chi connectivity index (χ0) is 25.5. The molecule has 0 radical (unpaired) electrons. The lowest BCUT2D eigenvalue weighted by Crippen LogP contribution is -2.56. The molecule has 0 aliphatic heterocycles. The molecule has 0 saturated heterocycles. The van der Waals surface area contributed by atoms with E-state index in [0.29, 0.717) is 16.6 Å². The number of carbonyl (C=O) groups excluding carboxylic acids is 3. The molecule has 10 nitrogen and oxygen atoms in total. The van der Waals surface area contributed by atoms with Crippen molar-refractivity contribution < 1.29 is 23.9 Å². The van der Waals surface area contributed by atoms with Crippen LogP contribution in [0.3, 0.4) is 0 Å². The molecule has 2 atom stereocenters. The largest absolute Gasteiger partial charge is 0.497 e. The first-order valence-electron chi connectivity index (χ1n) is 11.0. The number of thiazole rings is 1. The summed E-state index contributed by atoms with van der Waals surface area (Å²) >= 11 is 1.43. The van der Waals surface area contributed by atoms with Crippen molar-refractivity contribution >= 4 is 44.4 Å². The molecule has 1 heterocycles. The van der Waals surface area contributed by atoms with E-state index in [4.69, 9.17) is 9.47 Å². The van der Waals surface area contributed by atoms with Crippen LogP contribution in [0.25, 0.3) is 10.2 Å². The summed E-state index contributed by atoms with van der Waals surface area (Å²) in [5, 5.41) is 6.34. The Kier molecular flexibility index (Phi) is 8.48. The molecule has 3 amide bonds. The van der Waals surface area contributed by atoms with E-state index in [1.54, 1.807) is 39.0 Å². The van der Waals surface area contributed by atoms with Crippen molar-refractivity contribution in [2.75, 3.05) is 19.5 Å². The monoisotopic (exact) mass is 499 g/mol. The number of hydrogen-bond donors (Lipinski definition) is 4. The number of amides is 3. The second-order valence-corrected chi connectivity index (χ2v) is 9.16. The van der Waals surface area contributed by atoms with Gasteiger partial charge in [-0.2, -0.15) is 0 Å². The number of carbonyl (C=O) groups is 3. The summed E-state index contributed by atoms with van der Waals surface area (Å²) in [5.74, 6) is -0.841. The summed E-state index contributed by atoms with van der Waals surface area (Å²) in [6.45, 7) is 5.23. The van der Waals surface area contributed by atoms with Crippen LogP contribution in [0.15, 0.2) is 42.5 Å². The first-order chi connectivity index (χ1) is 16.7. The first-order valence-corrected chi connectivity index (χ1v) is 11.8. The van der Waals surface area contributed by atoms with E-state index < -0.39 is 29.8 Å². The molecule has 3 rings (SSSR count). The van der Waals surface area contributed by atoms with Gasteiger partial charge in [0.2, 0.25) is 0 Å². The van der Waals surface area contributed by atoms with Crippen molar-refractivity contribution in [1.82, 2.24) is 21.2 Å². The Balaban J connectivity index is 1.58. The van der Waals surface area contributed by atoms with Crippen LogP contribution in [0, 0.1) is 5.92 Å². The van der Waals surface area contributed by atoms with Crippen molar-refractivity contribution in [3.63, 3.8) is 0 Å². The average molecular weight is 500 g/mol. The molecular formula is C24H29N5O5S. The Morgan fingerprint density at radius 2 is 1.54 bits per heavy atom. The summed E-state index contributed by atoms with van der Waals surface area (Å²) in [7, 11) is 2.96. The van der Waals surface area contributed by atoms with E-state index in [1.807, 2.05) is 24.3 Å². The van der Waals surface area contributed by atoms with E-state index in [0.717, 1.165) is 10.2 Å². The van der Waals surface area contributed by atoms with Crippen LogP contribution in [-0.2, 0) is 9.59 Å². The number of ether oxygens (including phenoxy) is 2. The highest BCUT2D eigenvalue weighted by Gasteiger charge is 2.26. The molecule has 0 bridgehead atoms. The van der Waals surface area contributed by atoms with Crippen molar-refractivity contribution in [2.45, 2.75) is 32.9 Å². The zero-order valence-electron chi connectivity index (χ0n) is 20.2. The summed E-state index contributed by atoms with van der Waals surface area (Å²) in [6.07, 6.45) is 0. The number of rotatable bonds is 9. The number of hydrogen-bond acceptors (Lipinski definition) is 8. The maximum Gasteiger partial charge on any atom is 0.261 e. The molecule has 3 aromatic rings. The summed E-state index contributed by atoms with van der Waals surface area (Å²) in [6, 6.07) is 10.8. The molecule has 0 fully saturated rings. The number of anilines is 1. The first kappa shape index (κ1) is 25.8. The number of nitrogens with zero attached hydrogens (tertiary/aromatic N) is 1. The maximum atomic E-state index is 12.8. The molecule has 186 valence electrons. The van der Waals surface area contributed by atoms with Gasteiger partial charge in [-0.25, -0.2) is 4.98 Å². The Morgan fingerprint density at radius 3 is 2.14 bits per heavy atom. The second-order valence-electron chi connectivity index (χ2n) is 8.13. The quantitative estimate of drug-likeness (QED) is 0.333. The van der Waals surface area contributed by atoms with Crippen LogP contribution in [0.2, 0.25) is 0 Å². The number of hydrazine groups is 1. The van der Waals surface area contributed by atoms with Gasteiger partial charge in [0, 0.05) is 11.6 Å². The van der Waals surface area contributed by atoms with Gasteiger partial charge in [0.15, 0.2) is 5.13 Å². The van der Waals surface area contributed by atoms with Gasteiger partial charge in [-0.15, -0.1) is 0 Å². The van der Waals surface area contributed by atoms with E-state index in [2.05, 4.69) is 26.5 Å². The normalized spacial score (nSPS) is 12.5. The SMILES string of the molecule is COc1cc(OC)cc(C(=O)N[C@H](C(=O)NNC(=O)[C@@H](C)Nc2nc3ccccc3s2)C(C)C)c1. The molecule has 0 aliphatic rings. The zero-order valence-corrected chi connectivity index (χ0v) is 21.0. The molecule has 0 spiro atoms. The van der Waals surface area contributed by atoms with Gasteiger partial charge in [-0.3, -0.25) is 25.2 Å². The lowest BCUT2D eigenvalue weighted by molar-refractivity contribution is -0.130. The van der Waals surface area contributed by atoms with Gasteiger partial charge in [-0.1, -0.05) is 37.3 Å². The van der Waals surface area contributed by atoms with E-state index in [1.165, 1.54) is 25.6 Å². The van der Waals surface area contributed by atoms with Crippen molar-refractivity contribution in [1.29, 1.82) is 0 Å². The Hall–Kier alpha value is -3.86. The Morgan fingerprint density at radius 1 is 0.914 bits per heavy atom. The third kappa shape index (κ3) is 6.60. The van der Waals surface area contributed by atoms with Gasteiger partial charge in [0.1, 0.15) is 23.6 Å². The maximum absolute atomic E-state index is 12.8. The van der Waals surface area contributed by atoms with Crippen molar-refractivity contribution in [3.8, 4) is 11.5 Å². The lowest BCUT2D eigenvalue weighted by atomic mass is 10.0. The molecule has 0 unspecified atom stereocenters. The number of para-hydroxylation sites is 1. The number of aromatic nitrogens is 1. The van der Waals surface area contributed by atoms with Crippen LogP contribution in [-0.4, -0.2) is 49.0 Å². The van der Waals surface area contributed by atoms with Crippen molar-refractivity contribution in [2.24, 2.45) is 5.92 Å². The predicted octanol–water partition coefficient (Wildman–Crippen LogP) is 2.72. The van der Waals surface area contributed by atoms with E-state index in [9.17, 15) is 14.4 Å². The topological polar surface area (TPSA) is 131 Å². The fourth-order valence-electron chi connectivity index (χ4n) is 3.19. The minimum absolute atomic E-state index is 0.248. The molecule has 11 heteroatoms. The van der Waals surface area contributed by atoms with Crippen LogP contribution in [0.1, 0.15) is 31.1 Å². The van der Waals surface area contributed by atoms with Gasteiger partial charge < -0.3 is 20.1 Å². The fourth-order valence-corrected chi connectivity index (χ4v) is 4.14. The van der Waals surface area contributed by atoms with Gasteiger partial charge >= 0.3 is 0 Å². The summed E-state index contributed by atoms with van der Waals surface area (Å²) < 4.78 is 11.4.